The summed E-state index contributed by atoms with van der Waals surface area (Å²) in [5, 5.41) is 0.901. The topological polar surface area (TPSA) is 98.9 Å². The predicted molar refractivity (Wildman–Crippen MR) is 102 cm³/mol. The maximum Gasteiger partial charge on any atom is 0.339 e. The van der Waals surface area contributed by atoms with Gasteiger partial charge in [0.2, 0.25) is 5.54 Å². The van der Waals surface area contributed by atoms with Crippen LogP contribution in [0.5, 0.6) is 0 Å². The second-order valence-electron chi connectivity index (χ2n) is 9.39. The second kappa shape index (κ2) is 6.29. The van der Waals surface area contributed by atoms with Crippen molar-refractivity contribution < 1.29 is 24.0 Å². The quantitative estimate of drug-likeness (QED) is 0.475. The fourth-order valence-electron chi connectivity index (χ4n) is 6.44. The molecule has 1 aromatic rings. The molecule has 2 atom stereocenters. The van der Waals surface area contributed by atoms with Gasteiger partial charge in [-0.05, 0) is 61.8 Å². The Kier molecular flexibility index (Phi) is 4.04. The molecule has 7 nitrogen and oxygen atoms in total. The number of carbonyl (C=O) groups is 3. The highest BCUT2D eigenvalue weighted by atomic mass is 16.7. The van der Waals surface area contributed by atoms with Gasteiger partial charge >= 0.3 is 11.9 Å². The molecule has 6 rings (SSSR count). The molecular weight excluding hydrogens is 372 g/mol. The van der Waals surface area contributed by atoms with Crippen molar-refractivity contribution in [2.75, 3.05) is 0 Å². The number of amides is 1. The Morgan fingerprint density at radius 1 is 1.03 bits per heavy atom. The number of esters is 1. The van der Waals surface area contributed by atoms with Crippen LogP contribution in [0.2, 0.25) is 0 Å². The lowest BCUT2D eigenvalue weighted by molar-refractivity contribution is -0.250. The van der Waals surface area contributed by atoms with Crippen LogP contribution >= 0.6 is 0 Å². The molecule has 1 amide bonds. The molecule has 0 spiro atoms. The number of rotatable bonds is 4. The van der Waals surface area contributed by atoms with E-state index in [0.717, 1.165) is 24.3 Å². The van der Waals surface area contributed by atoms with Crippen LogP contribution in [0.3, 0.4) is 0 Å². The molecule has 0 radical (unpaired) electrons. The molecule has 29 heavy (non-hydrogen) atoms. The highest BCUT2D eigenvalue weighted by Gasteiger charge is 2.68. The first-order valence-corrected chi connectivity index (χ1v) is 10.4. The van der Waals surface area contributed by atoms with E-state index in [2.05, 4.69) is 0 Å². The number of β-lactam (4-membered cyclic amide) rings is 1. The average Bonchev–Trinajstić information content (AvgIpc) is 2.66. The van der Waals surface area contributed by atoms with Crippen molar-refractivity contribution >= 4 is 17.8 Å². The Morgan fingerprint density at radius 2 is 1.59 bits per heavy atom. The van der Waals surface area contributed by atoms with Crippen molar-refractivity contribution in [1.29, 1.82) is 0 Å². The summed E-state index contributed by atoms with van der Waals surface area (Å²) in [7, 11) is 0. The van der Waals surface area contributed by atoms with E-state index < -0.39 is 35.0 Å². The summed E-state index contributed by atoms with van der Waals surface area (Å²) in [4.78, 5) is 42.7. The van der Waals surface area contributed by atoms with Gasteiger partial charge in [-0.3, -0.25) is 9.59 Å². The first kappa shape index (κ1) is 18.6. The number of nitrogens with two attached hydrogens (primary N) is 1. The van der Waals surface area contributed by atoms with Crippen molar-refractivity contribution in [1.82, 2.24) is 5.06 Å². The summed E-state index contributed by atoms with van der Waals surface area (Å²) in [6.07, 6.45) is 6.24. The molecule has 4 saturated carbocycles. The van der Waals surface area contributed by atoms with Crippen LogP contribution in [-0.4, -0.2) is 34.0 Å². The lowest BCUT2D eigenvalue weighted by atomic mass is 9.54. The van der Waals surface area contributed by atoms with E-state index in [4.69, 9.17) is 15.3 Å². The minimum Gasteiger partial charge on any atom is -0.457 e. The Bertz CT molecular complexity index is 834. The molecule has 154 valence electrons. The Morgan fingerprint density at radius 3 is 2.10 bits per heavy atom. The second-order valence-corrected chi connectivity index (χ2v) is 9.39. The van der Waals surface area contributed by atoms with Crippen LogP contribution in [0.1, 0.15) is 57.1 Å². The van der Waals surface area contributed by atoms with Gasteiger partial charge in [-0.2, -0.15) is 5.06 Å². The molecule has 5 aliphatic rings. The van der Waals surface area contributed by atoms with Crippen LogP contribution in [0.25, 0.3) is 0 Å². The van der Waals surface area contributed by atoms with Gasteiger partial charge in [-0.15, -0.1) is 0 Å². The van der Waals surface area contributed by atoms with E-state index in [9.17, 15) is 14.4 Å². The van der Waals surface area contributed by atoms with Crippen molar-refractivity contribution in [3.8, 4) is 0 Å². The highest BCUT2D eigenvalue weighted by Crippen LogP contribution is 2.57. The van der Waals surface area contributed by atoms with E-state index >= 15 is 0 Å². The third-order valence-electron chi connectivity index (χ3n) is 7.19. The number of carbonyl (C=O) groups excluding carboxylic acids is 3. The van der Waals surface area contributed by atoms with Crippen molar-refractivity contribution in [2.24, 2.45) is 23.5 Å². The minimum atomic E-state index is -1.89. The van der Waals surface area contributed by atoms with Gasteiger partial charge in [-0.1, -0.05) is 30.3 Å². The van der Waals surface area contributed by atoms with Crippen molar-refractivity contribution in [2.45, 2.75) is 62.6 Å². The zero-order chi connectivity index (χ0) is 20.4. The number of hydrogen-bond acceptors (Lipinski definition) is 6. The Labute approximate surface area is 169 Å². The van der Waals surface area contributed by atoms with Gasteiger partial charge in [0.1, 0.15) is 11.6 Å². The highest BCUT2D eigenvalue weighted by molar-refractivity contribution is 6.13. The largest absolute Gasteiger partial charge is 0.457 e. The maximum atomic E-state index is 13.3. The molecule has 1 heterocycles. The van der Waals surface area contributed by atoms with Gasteiger partial charge < -0.3 is 15.3 Å². The summed E-state index contributed by atoms with van der Waals surface area (Å²) in [6.45, 7) is 1.21. The number of nitrogens with zero attached hydrogens (tertiary/aromatic N) is 1. The number of hydrogen-bond donors (Lipinski definition) is 1. The molecule has 1 saturated heterocycles. The van der Waals surface area contributed by atoms with Crippen molar-refractivity contribution in [3.63, 3.8) is 0 Å². The molecule has 5 fully saturated rings. The lowest BCUT2D eigenvalue weighted by Gasteiger charge is -2.57. The number of ether oxygens (including phenoxy) is 1. The van der Waals surface area contributed by atoms with Crippen LogP contribution in [-0.2, 0) is 24.0 Å². The summed E-state index contributed by atoms with van der Waals surface area (Å²) < 4.78 is 6.08. The molecule has 4 aliphatic carbocycles. The molecule has 1 aromatic carbocycles. The molecule has 2 N–H and O–H groups in total. The van der Waals surface area contributed by atoms with Gasteiger partial charge in [0, 0.05) is 6.92 Å². The predicted octanol–water partition coefficient (Wildman–Crippen LogP) is 2.26. The van der Waals surface area contributed by atoms with Gasteiger partial charge in [0.05, 0.1) is 0 Å². The fourth-order valence-corrected chi connectivity index (χ4v) is 6.44. The smallest absolute Gasteiger partial charge is 0.339 e. The van der Waals surface area contributed by atoms with E-state index in [1.54, 1.807) is 24.3 Å². The standard InChI is InChI=1S/C22H26N2O5/c1-13(25)29-24-18(17-5-3-2-4-6-17)22(23,19(24)26)20(27)28-21-10-14-7-15(11-21)9-16(8-14)12-21/h2-6,14-16,18H,7-12,23H2,1H3. The van der Waals surface area contributed by atoms with Crippen LogP contribution in [0.15, 0.2) is 30.3 Å². The van der Waals surface area contributed by atoms with Crippen LogP contribution in [0.4, 0.5) is 0 Å². The number of benzene rings is 1. The molecule has 2 unspecified atom stereocenters. The zero-order valence-electron chi connectivity index (χ0n) is 16.5. The Hall–Kier alpha value is -2.41. The monoisotopic (exact) mass is 398 g/mol. The fraction of sp³-hybridized carbons (Fsp3) is 0.591. The average molecular weight is 398 g/mol. The minimum absolute atomic E-state index is 0.498. The first-order valence-electron chi connectivity index (χ1n) is 10.4. The summed E-state index contributed by atoms with van der Waals surface area (Å²) >= 11 is 0. The van der Waals surface area contributed by atoms with E-state index in [0.29, 0.717) is 23.3 Å². The Balaban J connectivity index is 1.43. The van der Waals surface area contributed by atoms with E-state index in [1.807, 2.05) is 6.07 Å². The van der Waals surface area contributed by atoms with Gasteiger partial charge in [0.15, 0.2) is 0 Å². The SMILES string of the molecule is CC(=O)ON1C(=O)C(N)(C(=O)OC23CC4CC(CC(C4)C2)C3)C1c1ccccc1. The first-order chi connectivity index (χ1) is 13.8. The molecule has 1 aliphatic heterocycles. The van der Waals surface area contributed by atoms with Gasteiger partial charge in [0.25, 0.3) is 5.91 Å². The molecule has 4 bridgehead atoms. The van der Waals surface area contributed by atoms with Crippen molar-refractivity contribution in [3.05, 3.63) is 35.9 Å². The maximum absolute atomic E-state index is 13.3. The number of hydroxylamine groups is 2. The molecule has 7 heteroatoms. The zero-order valence-corrected chi connectivity index (χ0v) is 16.5. The normalized spacial score (nSPS) is 39.8. The third-order valence-corrected chi connectivity index (χ3v) is 7.19. The van der Waals surface area contributed by atoms with Crippen LogP contribution < -0.4 is 5.73 Å². The lowest BCUT2D eigenvalue weighted by Crippen LogP contribution is -2.77. The van der Waals surface area contributed by atoms with Gasteiger partial charge in [-0.25, -0.2) is 4.79 Å². The summed E-state index contributed by atoms with van der Waals surface area (Å²) in [5.74, 6) is -0.291. The van der Waals surface area contributed by atoms with E-state index in [1.165, 1.54) is 26.2 Å². The molecule has 0 aromatic heterocycles. The third kappa shape index (κ3) is 2.78. The summed E-state index contributed by atoms with van der Waals surface area (Å²) in [5.41, 5.74) is 4.64. The van der Waals surface area contributed by atoms with Crippen LogP contribution in [0, 0.1) is 17.8 Å². The molecular formula is C22H26N2O5. The summed E-state index contributed by atoms with van der Waals surface area (Å²) in [6, 6.07) is 8.01. The van der Waals surface area contributed by atoms with E-state index in [-0.39, 0.29) is 0 Å².